The first-order valence-corrected chi connectivity index (χ1v) is 12.8. The third kappa shape index (κ3) is 3.91. The maximum atomic E-state index is 12.4. The molecule has 7 heteroatoms. The summed E-state index contributed by atoms with van der Waals surface area (Å²) >= 11 is 0. The summed E-state index contributed by atoms with van der Waals surface area (Å²) in [6, 6.07) is 10.5. The largest absolute Gasteiger partial charge is 0.477 e. The van der Waals surface area contributed by atoms with Gasteiger partial charge in [0.15, 0.2) is 0 Å². The SMILES string of the molecule is C=CC12CCC(N(C)C)C1CN(Cc1cc3cc(-c4[nH]c(=O)c(C(=O)O)cc4CC)ccc3n1C)C2. The van der Waals surface area contributed by atoms with Crippen LogP contribution in [0.15, 0.2) is 47.8 Å². The maximum absolute atomic E-state index is 12.4. The molecule has 3 atom stereocenters. The molecular formula is C29H36N4O3. The highest BCUT2D eigenvalue weighted by Gasteiger charge is 2.52. The minimum absolute atomic E-state index is 0.206. The number of H-pyrrole nitrogens is 1. The lowest BCUT2D eigenvalue weighted by atomic mass is 9.80. The van der Waals surface area contributed by atoms with E-state index >= 15 is 0 Å². The molecule has 7 nitrogen and oxygen atoms in total. The van der Waals surface area contributed by atoms with E-state index in [0.29, 0.717) is 24.1 Å². The quantitative estimate of drug-likeness (QED) is 0.489. The lowest BCUT2D eigenvalue weighted by Crippen LogP contribution is -2.36. The smallest absolute Gasteiger partial charge is 0.341 e. The van der Waals surface area contributed by atoms with E-state index in [0.717, 1.165) is 41.7 Å². The van der Waals surface area contributed by atoms with Gasteiger partial charge in [-0.25, -0.2) is 4.79 Å². The van der Waals surface area contributed by atoms with Crippen LogP contribution in [0.25, 0.3) is 22.2 Å². The number of nitrogens with zero attached hydrogens (tertiary/aromatic N) is 3. The molecule has 2 fully saturated rings. The fraction of sp³-hybridized carbons (Fsp3) is 0.448. The van der Waals surface area contributed by atoms with Crippen LogP contribution in [0.4, 0.5) is 0 Å². The van der Waals surface area contributed by atoms with Crippen LogP contribution < -0.4 is 5.56 Å². The van der Waals surface area contributed by atoms with E-state index < -0.39 is 11.5 Å². The van der Waals surface area contributed by atoms with Crippen molar-refractivity contribution in [2.75, 3.05) is 27.2 Å². The van der Waals surface area contributed by atoms with Crippen molar-refractivity contribution < 1.29 is 9.90 Å². The summed E-state index contributed by atoms with van der Waals surface area (Å²) in [5.41, 5.74) is 4.20. The van der Waals surface area contributed by atoms with Crippen molar-refractivity contribution in [1.29, 1.82) is 0 Å². The molecule has 1 aliphatic carbocycles. The second kappa shape index (κ2) is 9.05. The van der Waals surface area contributed by atoms with Crippen LogP contribution >= 0.6 is 0 Å². The molecule has 0 bridgehead atoms. The van der Waals surface area contributed by atoms with Crippen LogP contribution in [0.3, 0.4) is 0 Å². The monoisotopic (exact) mass is 488 g/mol. The van der Waals surface area contributed by atoms with Gasteiger partial charge in [-0.3, -0.25) is 9.69 Å². The topological polar surface area (TPSA) is 81.6 Å². The van der Waals surface area contributed by atoms with Gasteiger partial charge in [0.05, 0.1) is 5.69 Å². The summed E-state index contributed by atoms with van der Waals surface area (Å²) < 4.78 is 2.26. The van der Waals surface area contributed by atoms with E-state index in [4.69, 9.17) is 0 Å². The molecular weight excluding hydrogens is 452 g/mol. The Kier molecular flexibility index (Phi) is 6.17. The standard InChI is InChI=1S/C29H36N4O3/c1-6-18-14-22(28(35)36)27(34)30-26(18)19-8-9-24-20(12-19)13-21(32(24)5)15-33-16-23-25(31(3)4)10-11-29(23,7-2)17-33/h7-9,12-14,23,25H,2,6,10-11,15-17H2,1,3-5H3,(H,30,34)(H,35,36). The van der Waals surface area contributed by atoms with Crippen molar-refractivity contribution in [1.82, 2.24) is 19.4 Å². The fourth-order valence-corrected chi connectivity index (χ4v) is 6.71. The van der Waals surface area contributed by atoms with Crippen molar-refractivity contribution in [2.24, 2.45) is 18.4 Å². The van der Waals surface area contributed by atoms with Gasteiger partial charge in [-0.05, 0) is 74.7 Å². The van der Waals surface area contributed by atoms with Gasteiger partial charge in [0.25, 0.3) is 5.56 Å². The first-order chi connectivity index (χ1) is 17.2. The minimum atomic E-state index is -1.21. The Labute approximate surface area is 212 Å². The first-order valence-electron chi connectivity index (χ1n) is 12.8. The Hall–Kier alpha value is -3.16. The van der Waals surface area contributed by atoms with Crippen molar-refractivity contribution in [2.45, 2.75) is 38.8 Å². The average molecular weight is 489 g/mol. The Balaban J connectivity index is 1.45. The molecule has 5 rings (SSSR count). The molecule has 190 valence electrons. The number of carbonyl (C=O) groups is 1. The number of aromatic nitrogens is 2. The van der Waals surface area contributed by atoms with Crippen LogP contribution in [0, 0.1) is 11.3 Å². The third-order valence-corrected chi connectivity index (χ3v) is 8.70. The Morgan fingerprint density at radius 3 is 2.75 bits per heavy atom. The van der Waals surface area contributed by atoms with E-state index in [2.05, 4.69) is 71.3 Å². The molecule has 0 radical (unpaired) electrons. The van der Waals surface area contributed by atoms with Gasteiger partial charge in [-0.15, -0.1) is 6.58 Å². The number of nitrogens with one attached hydrogen (secondary N) is 1. The van der Waals surface area contributed by atoms with E-state index in [1.54, 1.807) is 0 Å². The van der Waals surface area contributed by atoms with Gasteiger partial charge in [0, 0.05) is 54.7 Å². The normalized spacial score (nSPS) is 24.0. The van der Waals surface area contributed by atoms with Gasteiger partial charge in [0.2, 0.25) is 0 Å². The summed E-state index contributed by atoms with van der Waals surface area (Å²) in [4.78, 5) is 31.6. The third-order valence-electron chi connectivity index (χ3n) is 8.70. The van der Waals surface area contributed by atoms with Crippen molar-refractivity contribution in [3.63, 3.8) is 0 Å². The summed E-state index contributed by atoms with van der Waals surface area (Å²) in [6.07, 6.45) is 5.29. The number of fused-ring (bicyclic) bond motifs is 2. The molecule has 0 spiro atoms. The fourth-order valence-electron chi connectivity index (χ4n) is 6.71. The average Bonchev–Trinajstić information content (AvgIpc) is 3.48. The molecule has 36 heavy (non-hydrogen) atoms. The van der Waals surface area contributed by atoms with Crippen LogP contribution in [0.5, 0.6) is 0 Å². The molecule has 1 aliphatic heterocycles. The van der Waals surface area contributed by atoms with Gasteiger partial charge < -0.3 is 19.6 Å². The van der Waals surface area contributed by atoms with Gasteiger partial charge in [0.1, 0.15) is 5.56 Å². The summed E-state index contributed by atoms with van der Waals surface area (Å²) in [7, 11) is 6.50. The van der Waals surface area contributed by atoms with Crippen LogP contribution in [0.2, 0.25) is 0 Å². The summed E-state index contributed by atoms with van der Waals surface area (Å²) in [5.74, 6) is -0.591. The summed E-state index contributed by atoms with van der Waals surface area (Å²) in [5, 5.41) is 10.4. The number of carboxylic acid groups (broad SMARTS) is 1. The first kappa shape index (κ1) is 24.5. The number of hydrogen-bond acceptors (Lipinski definition) is 4. The zero-order valence-electron chi connectivity index (χ0n) is 21.7. The highest BCUT2D eigenvalue weighted by atomic mass is 16.4. The van der Waals surface area contributed by atoms with Gasteiger partial charge >= 0.3 is 5.97 Å². The predicted octanol–water partition coefficient (Wildman–Crippen LogP) is 4.12. The minimum Gasteiger partial charge on any atom is -0.477 e. The highest BCUT2D eigenvalue weighted by Crippen LogP contribution is 2.51. The zero-order chi connectivity index (χ0) is 25.8. The molecule has 1 aromatic carbocycles. The molecule has 0 amide bonds. The van der Waals surface area contributed by atoms with Gasteiger partial charge in [-0.2, -0.15) is 0 Å². The Morgan fingerprint density at radius 1 is 1.31 bits per heavy atom. The number of aromatic amines is 1. The number of benzene rings is 1. The second-order valence-corrected chi connectivity index (χ2v) is 10.8. The molecule has 2 aliphatic rings. The van der Waals surface area contributed by atoms with E-state index in [1.807, 2.05) is 13.0 Å². The maximum Gasteiger partial charge on any atom is 0.341 e. The number of rotatable bonds is 7. The van der Waals surface area contributed by atoms with E-state index in [-0.39, 0.29) is 11.0 Å². The van der Waals surface area contributed by atoms with Gasteiger partial charge in [-0.1, -0.05) is 19.1 Å². The van der Waals surface area contributed by atoms with Crippen molar-refractivity contribution in [3.05, 3.63) is 70.2 Å². The molecule has 1 saturated heterocycles. The number of aromatic carboxylic acids is 1. The summed E-state index contributed by atoms with van der Waals surface area (Å²) in [6.45, 7) is 9.21. The zero-order valence-corrected chi connectivity index (χ0v) is 21.7. The molecule has 1 saturated carbocycles. The number of hydrogen-bond donors (Lipinski definition) is 2. The van der Waals surface area contributed by atoms with Crippen LogP contribution in [-0.4, -0.2) is 63.7 Å². The Morgan fingerprint density at radius 2 is 2.08 bits per heavy atom. The van der Waals surface area contributed by atoms with Crippen LogP contribution in [-0.2, 0) is 20.0 Å². The number of carboxylic acids is 1. The van der Waals surface area contributed by atoms with E-state index in [9.17, 15) is 14.7 Å². The lowest BCUT2D eigenvalue weighted by molar-refractivity contribution is 0.0695. The van der Waals surface area contributed by atoms with Crippen LogP contribution in [0.1, 0.15) is 41.4 Å². The van der Waals surface area contributed by atoms with Crippen molar-refractivity contribution >= 4 is 16.9 Å². The number of aryl methyl sites for hydroxylation is 2. The number of pyridine rings is 1. The molecule has 2 aromatic heterocycles. The van der Waals surface area contributed by atoms with E-state index in [1.165, 1.54) is 24.6 Å². The molecule has 3 unspecified atom stereocenters. The molecule has 3 heterocycles. The van der Waals surface area contributed by atoms with Crippen molar-refractivity contribution in [3.8, 4) is 11.3 Å². The second-order valence-electron chi connectivity index (χ2n) is 10.8. The molecule has 3 aromatic rings. The highest BCUT2D eigenvalue weighted by molar-refractivity contribution is 5.89. The lowest BCUT2D eigenvalue weighted by Gasteiger charge is -2.29. The Bertz CT molecular complexity index is 1400. The predicted molar refractivity (Wildman–Crippen MR) is 143 cm³/mol. The molecule has 2 N–H and O–H groups in total. The number of likely N-dealkylation sites (tertiary alicyclic amines) is 1.